The van der Waals surface area contributed by atoms with E-state index in [2.05, 4.69) is 29.4 Å². The van der Waals surface area contributed by atoms with E-state index in [4.69, 9.17) is 4.74 Å². The second-order valence-corrected chi connectivity index (χ2v) is 4.84. The third-order valence-corrected chi connectivity index (χ3v) is 3.31. The van der Waals surface area contributed by atoms with Crippen LogP contribution in [0.15, 0.2) is 24.3 Å². The Bertz CT molecular complexity index is 331. The van der Waals surface area contributed by atoms with Crippen molar-refractivity contribution in [2.75, 3.05) is 27.2 Å². The smallest absolute Gasteiger partial charge is 0.118 e. The molecule has 3 heteroatoms. The summed E-state index contributed by atoms with van der Waals surface area (Å²) in [5, 5.41) is 3.53. The van der Waals surface area contributed by atoms with Gasteiger partial charge in [-0.15, -0.1) is 0 Å². The lowest BCUT2D eigenvalue weighted by Crippen LogP contribution is -2.34. The molecule has 1 N–H and O–H groups in total. The number of hydrogen-bond acceptors (Lipinski definition) is 3. The van der Waals surface area contributed by atoms with Gasteiger partial charge in [0.15, 0.2) is 0 Å². The number of benzene rings is 1. The van der Waals surface area contributed by atoms with Gasteiger partial charge in [0, 0.05) is 19.1 Å². The van der Waals surface area contributed by atoms with Gasteiger partial charge in [-0.25, -0.2) is 0 Å². The summed E-state index contributed by atoms with van der Waals surface area (Å²) in [5.41, 5.74) is 1.34. The SMILES string of the molecule is COc1ccc(CN(C)C[C@@H]2CCCN2)cc1. The van der Waals surface area contributed by atoms with E-state index < -0.39 is 0 Å². The fourth-order valence-corrected chi connectivity index (χ4v) is 2.40. The Kier molecular flexibility index (Phi) is 4.40. The number of nitrogens with one attached hydrogen (secondary N) is 1. The first-order valence-electron chi connectivity index (χ1n) is 6.33. The minimum Gasteiger partial charge on any atom is -0.497 e. The van der Waals surface area contributed by atoms with Crippen molar-refractivity contribution in [1.82, 2.24) is 10.2 Å². The molecule has 1 atom stereocenters. The minimum atomic E-state index is 0.679. The van der Waals surface area contributed by atoms with E-state index in [0.717, 1.165) is 18.8 Å². The third kappa shape index (κ3) is 3.72. The van der Waals surface area contributed by atoms with Crippen LogP contribution in [0.4, 0.5) is 0 Å². The molecule has 1 fully saturated rings. The van der Waals surface area contributed by atoms with Gasteiger partial charge in [-0.3, -0.25) is 0 Å². The number of likely N-dealkylation sites (N-methyl/N-ethyl adjacent to an activating group) is 1. The molecule has 94 valence electrons. The molecule has 1 saturated heterocycles. The molecule has 17 heavy (non-hydrogen) atoms. The summed E-state index contributed by atoms with van der Waals surface area (Å²) >= 11 is 0. The Labute approximate surface area is 104 Å². The van der Waals surface area contributed by atoms with Gasteiger partial charge < -0.3 is 15.0 Å². The Balaban J connectivity index is 1.81. The molecule has 1 aliphatic heterocycles. The van der Waals surface area contributed by atoms with Gasteiger partial charge >= 0.3 is 0 Å². The highest BCUT2D eigenvalue weighted by atomic mass is 16.5. The maximum Gasteiger partial charge on any atom is 0.118 e. The van der Waals surface area contributed by atoms with Crippen LogP contribution in [-0.2, 0) is 6.54 Å². The van der Waals surface area contributed by atoms with Gasteiger partial charge in [-0.2, -0.15) is 0 Å². The highest BCUT2D eigenvalue weighted by molar-refractivity contribution is 5.27. The Morgan fingerprint density at radius 1 is 1.35 bits per heavy atom. The molecule has 0 amide bonds. The Hall–Kier alpha value is -1.06. The highest BCUT2D eigenvalue weighted by Crippen LogP contribution is 2.13. The van der Waals surface area contributed by atoms with Crippen LogP contribution in [0.3, 0.4) is 0 Å². The molecule has 0 unspecified atom stereocenters. The van der Waals surface area contributed by atoms with Crippen molar-refractivity contribution in [2.24, 2.45) is 0 Å². The summed E-state index contributed by atoms with van der Waals surface area (Å²) in [4.78, 5) is 2.38. The van der Waals surface area contributed by atoms with Crippen LogP contribution in [0.5, 0.6) is 5.75 Å². The molecular formula is C14H22N2O. The second kappa shape index (κ2) is 6.03. The maximum atomic E-state index is 5.16. The number of nitrogens with zero attached hydrogens (tertiary/aromatic N) is 1. The molecule has 0 bridgehead atoms. The van der Waals surface area contributed by atoms with Gasteiger partial charge in [-0.1, -0.05) is 12.1 Å². The van der Waals surface area contributed by atoms with E-state index in [0.29, 0.717) is 6.04 Å². The molecule has 1 aromatic rings. The zero-order valence-corrected chi connectivity index (χ0v) is 10.8. The summed E-state index contributed by atoms with van der Waals surface area (Å²) in [7, 11) is 3.89. The number of methoxy groups -OCH3 is 1. The van der Waals surface area contributed by atoms with E-state index in [-0.39, 0.29) is 0 Å². The lowest BCUT2D eigenvalue weighted by atomic mass is 10.2. The topological polar surface area (TPSA) is 24.5 Å². The summed E-state index contributed by atoms with van der Waals surface area (Å²) in [5.74, 6) is 0.925. The van der Waals surface area contributed by atoms with Crippen LogP contribution in [0.1, 0.15) is 18.4 Å². The number of rotatable bonds is 5. The van der Waals surface area contributed by atoms with Gasteiger partial charge in [0.2, 0.25) is 0 Å². The number of hydrogen-bond donors (Lipinski definition) is 1. The zero-order valence-electron chi connectivity index (χ0n) is 10.8. The Morgan fingerprint density at radius 2 is 2.12 bits per heavy atom. The molecule has 1 aromatic carbocycles. The van der Waals surface area contributed by atoms with Gasteiger partial charge in [0.25, 0.3) is 0 Å². The molecule has 0 spiro atoms. The third-order valence-electron chi connectivity index (χ3n) is 3.31. The first kappa shape index (κ1) is 12.4. The van der Waals surface area contributed by atoms with Crippen LogP contribution >= 0.6 is 0 Å². The van der Waals surface area contributed by atoms with E-state index in [1.54, 1.807) is 7.11 Å². The van der Waals surface area contributed by atoms with Crippen LogP contribution in [0.2, 0.25) is 0 Å². The van der Waals surface area contributed by atoms with Gasteiger partial charge in [0.1, 0.15) is 5.75 Å². The number of ether oxygens (including phenoxy) is 1. The van der Waals surface area contributed by atoms with Crippen molar-refractivity contribution in [3.8, 4) is 5.75 Å². The first-order chi connectivity index (χ1) is 8.28. The second-order valence-electron chi connectivity index (χ2n) is 4.84. The van der Waals surface area contributed by atoms with E-state index in [9.17, 15) is 0 Å². The molecule has 1 heterocycles. The quantitative estimate of drug-likeness (QED) is 0.842. The van der Waals surface area contributed by atoms with E-state index in [1.807, 2.05) is 12.1 Å². The van der Waals surface area contributed by atoms with Crippen LogP contribution in [0.25, 0.3) is 0 Å². The zero-order chi connectivity index (χ0) is 12.1. The molecule has 2 rings (SSSR count). The van der Waals surface area contributed by atoms with Crippen molar-refractivity contribution >= 4 is 0 Å². The van der Waals surface area contributed by atoms with Crippen molar-refractivity contribution < 1.29 is 4.74 Å². The average Bonchev–Trinajstić information content (AvgIpc) is 2.82. The van der Waals surface area contributed by atoms with E-state index in [1.165, 1.54) is 24.9 Å². The summed E-state index contributed by atoms with van der Waals surface area (Å²) < 4.78 is 5.16. The molecule has 0 radical (unpaired) electrons. The average molecular weight is 234 g/mol. The first-order valence-corrected chi connectivity index (χ1v) is 6.33. The maximum absolute atomic E-state index is 5.16. The predicted octanol–water partition coefficient (Wildman–Crippen LogP) is 1.88. The standard InChI is InChI=1S/C14H22N2O/c1-16(11-13-4-3-9-15-13)10-12-5-7-14(17-2)8-6-12/h5-8,13,15H,3-4,9-11H2,1-2H3/t13-/m0/s1. The molecule has 0 aliphatic carbocycles. The van der Waals surface area contributed by atoms with Crippen molar-refractivity contribution in [1.29, 1.82) is 0 Å². The van der Waals surface area contributed by atoms with Crippen molar-refractivity contribution in [2.45, 2.75) is 25.4 Å². The Morgan fingerprint density at radius 3 is 2.71 bits per heavy atom. The summed E-state index contributed by atoms with van der Waals surface area (Å²) in [6, 6.07) is 9.00. The molecule has 0 aromatic heterocycles. The van der Waals surface area contributed by atoms with Gasteiger partial charge in [-0.05, 0) is 44.1 Å². The molecule has 0 saturated carbocycles. The van der Waals surface area contributed by atoms with Crippen LogP contribution in [0, 0.1) is 0 Å². The molecular weight excluding hydrogens is 212 g/mol. The predicted molar refractivity (Wildman–Crippen MR) is 70.4 cm³/mol. The monoisotopic (exact) mass is 234 g/mol. The lowest BCUT2D eigenvalue weighted by Gasteiger charge is -2.21. The molecule has 3 nitrogen and oxygen atoms in total. The summed E-state index contributed by atoms with van der Waals surface area (Å²) in [6.07, 6.45) is 2.63. The summed E-state index contributed by atoms with van der Waals surface area (Å²) in [6.45, 7) is 3.31. The van der Waals surface area contributed by atoms with Crippen LogP contribution in [-0.4, -0.2) is 38.2 Å². The highest BCUT2D eigenvalue weighted by Gasteiger charge is 2.15. The molecule has 1 aliphatic rings. The fourth-order valence-electron chi connectivity index (χ4n) is 2.40. The van der Waals surface area contributed by atoms with Crippen LogP contribution < -0.4 is 10.1 Å². The van der Waals surface area contributed by atoms with Gasteiger partial charge in [0.05, 0.1) is 7.11 Å². The fraction of sp³-hybridized carbons (Fsp3) is 0.571. The van der Waals surface area contributed by atoms with Crippen molar-refractivity contribution in [3.05, 3.63) is 29.8 Å². The lowest BCUT2D eigenvalue weighted by molar-refractivity contribution is 0.293. The normalized spacial score (nSPS) is 19.8. The minimum absolute atomic E-state index is 0.679. The van der Waals surface area contributed by atoms with Crippen molar-refractivity contribution in [3.63, 3.8) is 0 Å². The largest absolute Gasteiger partial charge is 0.497 e. The van der Waals surface area contributed by atoms with E-state index >= 15 is 0 Å².